The maximum absolute atomic E-state index is 13.6. The van der Waals surface area contributed by atoms with Crippen LogP contribution in [-0.2, 0) is 0 Å². The number of thiocarbonyl (C=S) groups is 1. The first-order valence-electron chi connectivity index (χ1n) is 9.98. The molecule has 0 aromatic heterocycles. The summed E-state index contributed by atoms with van der Waals surface area (Å²) in [7, 11) is 1.61. The molecule has 6 heteroatoms. The van der Waals surface area contributed by atoms with Crippen LogP contribution in [0.15, 0.2) is 59.6 Å². The Morgan fingerprint density at radius 2 is 1.76 bits per heavy atom. The number of carbonyl (C=O) groups is 1. The first-order chi connectivity index (χ1) is 14.1. The van der Waals surface area contributed by atoms with Crippen LogP contribution in [0.5, 0.6) is 5.75 Å². The van der Waals surface area contributed by atoms with Crippen LogP contribution in [0.3, 0.4) is 0 Å². The molecule has 0 N–H and O–H groups in total. The molecule has 5 nitrogen and oxygen atoms in total. The lowest BCUT2D eigenvalue weighted by atomic mass is 9.95. The number of aliphatic imine (C=N–C) groups is 1. The van der Waals surface area contributed by atoms with Crippen molar-refractivity contribution >= 4 is 28.8 Å². The second-order valence-corrected chi connectivity index (χ2v) is 7.80. The van der Waals surface area contributed by atoms with Crippen LogP contribution in [-0.4, -0.2) is 58.8 Å². The zero-order chi connectivity index (χ0) is 20.4. The van der Waals surface area contributed by atoms with Gasteiger partial charge in [-0.2, -0.15) is 0 Å². The van der Waals surface area contributed by atoms with Gasteiger partial charge in [-0.3, -0.25) is 14.7 Å². The standard InChI is InChI=1S/C23H25N3O2S/c1-3-25-15-13-23(14-16-25)24-20(17-7-5-4-6-8-17)22(29)26(23)21(27)18-9-11-19(28-2)12-10-18/h4-12H,3,13-16H2,1-2H3. The molecule has 0 radical (unpaired) electrons. The summed E-state index contributed by atoms with van der Waals surface area (Å²) in [6, 6.07) is 17.1. The van der Waals surface area contributed by atoms with Gasteiger partial charge in [-0.05, 0) is 30.8 Å². The lowest BCUT2D eigenvalue weighted by molar-refractivity contribution is 0.0544. The topological polar surface area (TPSA) is 45.1 Å². The third kappa shape index (κ3) is 3.58. The number of hydrogen-bond donors (Lipinski definition) is 0. The highest BCUT2D eigenvalue weighted by Crippen LogP contribution is 2.38. The molecule has 2 aromatic rings. The van der Waals surface area contributed by atoms with Crippen LogP contribution in [0.1, 0.15) is 35.7 Å². The average molecular weight is 408 g/mol. The van der Waals surface area contributed by atoms with E-state index in [9.17, 15) is 4.79 Å². The summed E-state index contributed by atoms with van der Waals surface area (Å²) in [4.78, 5) is 23.3. The molecule has 29 heavy (non-hydrogen) atoms. The number of likely N-dealkylation sites (tertiary alicyclic amines) is 1. The Morgan fingerprint density at radius 3 is 2.34 bits per heavy atom. The first-order valence-corrected chi connectivity index (χ1v) is 10.4. The van der Waals surface area contributed by atoms with E-state index in [0.29, 0.717) is 10.6 Å². The van der Waals surface area contributed by atoms with Crippen LogP contribution in [0.25, 0.3) is 0 Å². The van der Waals surface area contributed by atoms with E-state index in [0.717, 1.165) is 49.5 Å². The number of piperidine rings is 1. The Morgan fingerprint density at radius 1 is 1.10 bits per heavy atom. The molecule has 0 saturated carbocycles. The van der Waals surface area contributed by atoms with Gasteiger partial charge in [0.15, 0.2) is 0 Å². The van der Waals surface area contributed by atoms with Crippen molar-refractivity contribution in [2.45, 2.75) is 25.4 Å². The predicted molar refractivity (Wildman–Crippen MR) is 119 cm³/mol. The maximum atomic E-state index is 13.6. The van der Waals surface area contributed by atoms with E-state index in [1.807, 2.05) is 30.3 Å². The molecule has 1 saturated heterocycles. The minimum Gasteiger partial charge on any atom is -0.497 e. The lowest BCUT2D eigenvalue weighted by Crippen LogP contribution is -2.55. The van der Waals surface area contributed by atoms with Crippen LogP contribution >= 0.6 is 12.2 Å². The van der Waals surface area contributed by atoms with Crippen LogP contribution in [0.2, 0.25) is 0 Å². The Labute approximate surface area is 177 Å². The van der Waals surface area contributed by atoms with Crippen molar-refractivity contribution in [3.63, 3.8) is 0 Å². The van der Waals surface area contributed by atoms with Crippen molar-refractivity contribution in [2.75, 3.05) is 26.7 Å². The molecule has 2 aromatic carbocycles. The fourth-order valence-electron chi connectivity index (χ4n) is 4.09. The van der Waals surface area contributed by atoms with Gasteiger partial charge in [0.25, 0.3) is 5.91 Å². The molecule has 4 rings (SSSR count). The van der Waals surface area contributed by atoms with Crippen molar-refractivity contribution in [2.24, 2.45) is 4.99 Å². The number of nitrogens with zero attached hydrogens (tertiary/aromatic N) is 3. The molecule has 1 fully saturated rings. The molecule has 150 valence electrons. The van der Waals surface area contributed by atoms with Gasteiger partial charge in [0.05, 0.1) is 7.11 Å². The van der Waals surface area contributed by atoms with Gasteiger partial charge in [-0.15, -0.1) is 0 Å². The van der Waals surface area contributed by atoms with E-state index in [-0.39, 0.29) is 5.91 Å². The van der Waals surface area contributed by atoms with Crippen molar-refractivity contribution in [1.29, 1.82) is 0 Å². The van der Waals surface area contributed by atoms with Crippen molar-refractivity contribution in [1.82, 2.24) is 9.80 Å². The highest BCUT2D eigenvalue weighted by Gasteiger charge is 2.49. The number of benzene rings is 2. The van der Waals surface area contributed by atoms with Gasteiger partial charge in [-0.25, -0.2) is 0 Å². The Kier molecular flexibility index (Phi) is 5.48. The van der Waals surface area contributed by atoms with Gasteiger partial charge in [0.1, 0.15) is 22.1 Å². The minimum absolute atomic E-state index is 0.0997. The minimum atomic E-state index is -0.606. The van der Waals surface area contributed by atoms with E-state index in [1.54, 1.807) is 36.3 Å². The third-order valence-electron chi connectivity index (χ3n) is 5.83. The molecule has 2 aliphatic rings. The highest BCUT2D eigenvalue weighted by molar-refractivity contribution is 7.82. The van der Waals surface area contributed by atoms with Gasteiger partial charge in [0, 0.05) is 37.1 Å². The fraction of sp³-hybridized carbons (Fsp3) is 0.348. The summed E-state index contributed by atoms with van der Waals surface area (Å²) >= 11 is 5.82. The summed E-state index contributed by atoms with van der Waals surface area (Å²) in [5.41, 5.74) is 1.69. The maximum Gasteiger partial charge on any atom is 0.260 e. The number of amides is 1. The van der Waals surface area contributed by atoms with Crippen molar-refractivity contribution < 1.29 is 9.53 Å². The largest absolute Gasteiger partial charge is 0.497 e. The SMILES string of the molecule is CCN1CCC2(CC1)N=C(c1ccccc1)C(=S)N2C(=O)c1ccc(OC)cc1. The molecule has 0 bridgehead atoms. The van der Waals surface area contributed by atoms with Crippen molar-refractivity contribution in [3.05, 3.63) is 65.7 Å². The summed E-state index contributed by atoms with van der Waals surface area (Å²) in [5, 5.41) is 0. The summed E-state index contributed by atoms with van der Waals surface area (Å²) < 4.78 is 5.23. The number of ether oxygens (including phenoxy) is 1. The van der Waals surface area contributed by atoms with Crippen LogP contribution in [0, 0.1) is 0 Å². The molecule has 1 amide bonds. The zero-order valence-electron chi connectivity index (χ0n) is 16.8. The first kappa shape index (κ1) is 19.7. The Bertz CT molecular complexity index is 932. The average Bonchev–Trinajstić information content (AvgIpc) is 3.06. The zero-order valence-corrected chi connectivity index (χ0v) is 17.6. The molecular weight excluding hydrogens is 382 g/mol. The Balaban J connectivity index is 1.72. The van der Waals surface area contributed by atoms with E-state index in [4.69, 9.17) is 21.9 Å². The van der Waals surface area contributed by atoms with Crippen LogP contribution in [0.4, 0.5) is 0 Å². The van der Waals surface area contributed by atoms with Gasteiger partial charge in [0.2, 0.25) is 0 Å². The molecule has 0 aliphatic carbocycles. The second kappa shape index (κ2) is 8.05. The second-order valence-electron chi connectivity index (χ2n) is 7.42. The molecule has 2 heterocycles. The molecule has 2 aliphatic heterocycles. The number of rotatable bonds is 4. The van der Waals surface area contributed by atoms with Crippen LogP contribution < -0.4 is 4.74 Å². The quantitative estimate of drug-likeness (QED) is 0.724. The third-order valence-corrected chi connectivity index (χ3v) is 6.21. The summed E-state index contributed by atoms with van der Waals surface area (Å²) in [6.45, 7) is 4.96. The summed E-state index contributed by atoms with van der Waals surface area (Å²) in [5.74, 6) is 0.620. The number of carbonyl (C=O) groups excluding carboxylic acids is 1. The molecule has 0 unspecified atom stereocenters. The summed E-state index contributed by atoms with van der Waals surface area (Å²) in [6.07, 6.45) is 1.55. The van der Waals surface area contributed by atoms with Gasteiger partial charge < -0.3 is 9.64 Å². The lowest BCUT2D eigenvalue weighted by Gasteiger charge is -2.42. The Hall–Kier alpha value is -2.57. The van der Waals surface area contributed by atoms with Gasteiger partial charge in [-0.1, -0.05) is 49.5 Å². The smallest absolute Gasteiger partial charge is 0.260 e. The normalized spacial score (nSPS) is 18.8. The number of methoxy groups -OCH3 is 1. The van der Waals surface area contributed by atoms with E-state index in [2.05, 4.69) is 11.8 Å². The molecule has 0 atom stereocenters. The molecule has 1 spiro atoms. The van der Waals surface area contributed by atoms with Crippen molar-refractivity contribution in [3.8, 4) is 5.75 Å². The fourth-order valence-corrected chi connectivity index (χ4v) is 4.51. The monoisotopic (exact) mass is 407 g/mol. The van der Waals surface area contributed by atoms with E-state index in [1.165, 1.54) is 0 Å². The van der Waals surface area contributed by atoms with Gasteiger partial charge >= 0.3 is 0 Å². The van der Waals surface area contributed by atoms with E-state index < -0.39 is 5.66 Å². The highest BCUT2D eigenvalue weighted by atomic mass is 32.1. The predicted octanol–water partition coefficient (Wildman–Crippen LogP) is 3.78. The number of hydrogen-bond acceptors (Lipinski definition) is 5. The molecular formula is C23H25N3O2S. The van der Waals surface area contributed by atoms with E-state index >= 15 is 0 Å².